The Morgan fingerprint density at radius 1 is 1.58 bits per heavy atom. The summed E-state index contributed by atoms with van der Waals surface area (Å²) in [5, 5.41) is 3.59. The van der Waals surface area contributed by atoms with E-state index < -0.39 is 0 Å². The fourth-order valence-corrected chi connectivity index (χ4v) is 1.97. The Morgan fingerprint density at radius 2 is 2.37 bits per heavy atom. The normalized spacial score (nSPS) is 19.3. The maximum atomic E-state index is 12.2. The molecule has 7 heteroatoms. The van der Waals surface area contributed by atoms with E-state index in [9.17, 15) is 9.59 Å². The molecule has 2 rings (SSSR count). The quantitative estimate of drug-likeness (QED) is 0.737. The van der Waals surface area contributed by atoms with E-state index in [1.165, 1.54) is 13.3 Å². The number of methoxy groups -OCH3 is 1. The lowest BCUT2D eigenvalue weighted by Crippen LogP contribution is -2.46. The molecule has 1 saturated heterocycles. The third-order valence-corrected chi connectivity index (χ3v) is 3.03. The minimum atomic E-state index is -0.347. The number of aromatic nitrogens is 1. The van der Waals surface area contributed by atoms with Gasteiger partial charge >= 0.3 is 5.97 Å². The average Bonchev–Trinajstić information content (AvgIpc) is 2.84. The number of esters is 1. The molecule has 2 heterocycles. The fraction of sp³-hybridized carbons (Fsp3) is 0.583. The molecule has 1 aliphatic rings. The monoisotopic (exact) mass is 268 g/mol. The Balaban J connectivity index is 1.99. The smallest absolute Gasteiger partial charge is 0.308 e. The van der Waals surface area contributed by atoms with Crippen LogP contribution < -0.4 is 0 Å². The standard InChI is InChI=1S/C12H16N2O5/c1-8-10(6-13-19-8)12(16)14-3-4-18-9(7-14)5-11(15)17-2/h6,9H,3-5,7H2,1-2H3. The van der Waals surface area contributed by atoms with Crippen molar-refractivity contribution in [2.75, 3.05) is 26.8 Å². The summed E-state index contributed by atoms with van der Waals surface area (Å²) in [4.78, 5) is 25.1. The van der Waals surface area contributed by atoms with E-state index in [-0.39, 0.29) is 24.4 Å². The van der Waals surface area contributed by atoms with Gasteiger partial charge in [-0.15, -0.1) is 0 Å². The van der Waals surface area contributed by atoms with Crippen molar-refractivity contribution >= 4 is 11.9 Å². The summed E-state index contributed by atoms with van der Waals surface area (Å²) in [6, 6.07) is 0. The number of ether oxygens (including phenoxy) is 2. The highest BCUT2D eigenvalue weighted by molar-refractivity contribution is 5.94. The Labute approximate surface area is 110 Å². The van der Waals surface area contributed by atoms with Gasteiger partial charge in [0.25, 0.3) is 5.91 Å². The molecule has 7 nitrogen and oxygen atoms in total. The van der Waals surface area contributed by atoms with E-state index in [1.54, 1.807) is 11.8 Å². The van der Waals surface area contributed by atoms with Gasteiger partial charge in [0.1, 0.15) is 11.3 Å². The topological polar surface area (TPSA) is 81.9 Å². The molecule has 0 saturated carbocycles. The van der Waals surface area contributed by atoms with Crippen LogP contribution >= 0.6 is 0 Å². The summed E-state index contributed by atoms with van der Waals surface area (Å²) >= 11 is 0. The number of hydrogen-bond donors (Lipinski definition) is 0. The van der Waals surface area contributed by atoms with Crippen LogP contribution in [0.2, 0.25) is 0 Å². The number of carbonyl (C=O) groups is 2. The van der Waals surface area contributed by atoms with Gasteiger partial charge in [0.15, 0.2) is 0 Å². The molecule has 1 aromatic rings. The second-order valence-corrected chi connectivity index (χ2v) is 4.32. The predicted octanol–water partition coefficient (Wildman–Crippen LogP) is 0.387. The molecule has 1 amide bonds. The average molecular weight is 268 g/mol. The predicted molar refractivity (Wildman–Crippen MR) is 63.5 cm³/mol. The Kier molecular flexibility index (Phi) is 4.16. The maximum absolute atomic E-state index is 12.2. The number of morpholine rings is 1. The lowest BCUT2D eigenvalue weighted by atomic mass is 10.1. The van der Waals surface area contributed by atoms with Crippen LogP contribution in [0.1, 0.15) is 22.5 Å². The van der Waals surface area contributed by atoms with Gasteiger partial charge in [-0.2, -0.15) is 0 Å². The number of hydrogen-bond acceptors (Lipinski definition) is 6. The van der Waals surface area contributed by atoms with Crippen LogP contribution in [0, 0.1) is 6.92 Å². The summed E-state index contributed by atoms with van der Waals surface area (Å²) in [5.74, 6) is -0.0154. The highest BCUT2D eigenvalue weighted by atomic mass is 16.5. The van der Waals surface area contributed by atoms with E-state index in [0.29, 0.717) is 31.0 Å². The van der Waals surface area contributed by atoms with E-state index in [2.05, 4.69) is 9.89 Å². The molecule has 104 valence electrons. The molecule has 0 aliphatic carbocycles. The van der Waals surface area contributed by atoms with Crippen molar-refractivity contribution in [1.82, 2.24) is 10.1 Å². The molecule has 0 bridgehead atoms. The molecule has 1 aromatic heterocycles. The second-order valence-electron chi connectivity index (χ2n) is 4.32. The Morgan fingerprint density at radius 3 is 3.00 bits per heavy atom. The van der Waals surface area contributed by atoms with Gasteiger partial charge in [-0.1, -0.05) is 5.16 Å². The molecular weight excluding hydrogens is 252 g/mol. The minimum Gasteiger partial charge on any atom is -0.469 e. The molecule has 1 atom stereocenters. The van der Waals surface area contributed by atoms with Crippen LogP contribution in [-0.2, 0) is 14.3 Å². The van der Waals surface area contributed by atoms with E-state index >= 15 is 0 Å². The Hall–Kier alpha value is -1.89. The minimum absolute atomic E-state index is 0.142. The molecular formula is C12H16N2O5. The van der Waals surface area contributed by atoms with E-state index in [4.69, 9.17) is 9.26 Å². The van der Waals surface area contributed by atoms with Crippen LogP contribution in [0.5, 0.6) is 0 Å². The molecule has 0 aromatic carbocycles. The first-order chi connectivity index (χ1) is 9.11. The number of amides is 1. The zero-order valence-corrected chi connectivity index (χ0v) is 10.9. The first-order valence-electron chi connectivity index (χ1n) is 6.00. The van der Waals surface area contributed by atoms with Crippen molar-refractivity contribution in [1.29, 1.82) is 0 Å². The third-order valence-electron chi connectivity index (χ3n) is 3.03. The van der Waals surface area contributed by atoms with Gasteiger partial charge in [-0.25, -0.2) is 0 Å². The van der Waals surface area contributed by atoms with Crippen molar-refractivity contribution in [3.63, 3.8) is 0 Å². The van der Waals surface area contributed by atoms with Gasteiger partial charge in [0.05, 0.1) is 32.4 Å². The molecule has 0 radical (unpaired) electrons. The van der Waals surface area contributed by atoms with Crippen LogP contribution in [-0.4, -0.2) is 54.8 Å². The van der Waals surface area contributed by atoms with Crippen molar-refractivity contribution in [3.05, 3.63) is 17.5 Å². The van der Waals surface area contributed by atoms with E-state index in [0.717, 1.165) is 0 Å². The van der Waals surface area contributed by atoms with Gasteiger partial charge in [-0.05, 0) is 6.92 Å². The number of aryl methyl sites for hydroxylation is 1. The van der Waals surface area contributed by atoms with Gasteiger partial charge in [0, 0.05) is 13.1 Å². The summed E-state index contributed by atoms with van der Waals surface area (Å²) in [7, 11) is 1.33. The van der Waals surface area contributed by atoms with Crippen LogP contribution in [0.25, 0.3) is 0 Å². The second kappa shape index (κ2) is 5.83. The van der Waals surface area contributed by atoms with Crippen molar-refractivity contribution in [3.8, 4) is 0 Å². The van der Waals surface area contributed by atoms with Crippen LogP contribution in [0.4, 0.5) is 0 Å². The number of rotatable bonds is 3. The molecule has 19 heavy (non-hydrogen) atoms. The van der Waals surface area contributed by atoms with E-state index in [1.807, 2.05) is 0 Å². The number of nitrogens with zero attached hydrogens (tertiary/aromatic N) is 2. The third kappa shape index (κ3) is 3.11. The molecule has 1 unspecified atom stereocenters. The van der Waals surface area contributed by atoms with Gasteiger partial charge in [-0.3, -0.25) is 9.59 Å². The zero-order chi connectivity index (χ0) is 13.8. The molecule has 1 fully saturated rings. The first kappa shape index (κ1) is 13.5. The SMILES string of the molecule is COC(=O)CC1CN(C(=O)c2cnoc2C)CCO1. The first-order valence-corrected chi connectivity index (χ1v) is 6.00. The van der Waals surface area contributed by atoms with Gasteiger partial charge in [0.2, 0.25) is 0 Å². The summed E-state index contributed by atoms with van der Waals surface area (Å²) in [6.45, 7) is 2.93. The zero-order valence-electron chi connectivity index (χ0n) is 10.9. The molecule has 0 spiro atoms. The lowest BCUT2D eigenvalue weighted by Gasteiger charge is -2.32. The lowest BCUT2D eigenvalue weighted by molar-refractivity contribution is -0.145. The fourth-order valence-electron chi connectivity index (χ4n) is 1.97. The van der Waals surface area contributed by atoms with Crippen LogP contribution in [0.15, 0.2) is 10.7 Å². The summed E-state index contributed by atoms with van der Waals surface area (Å²) < 4.78 is 14.9. The van der Waals surface area contributed by atoms with Gasteiger partial charge < -0.3 is 18.9 Å². The number of carbonyl (C=O) groups excluding carboxylic acids is 2. The Bertz CT molecular complexity index is 470. The molecule has 0 N–H and O–H groups in total. The highest BCUT2D eigenvalue weighted by Gasteiger charge is 2.28. The van der Waals surface area contributed by atoms with Crippen molar-refractivity contribution < 1.29 is 23.6 Å². The van der Waals surface area contributed by atoms with Crippen molar-refractivity contribution in [2.45, 2.75) is 19.4 Å². The molecule has 1 aliphatic heterocycles. The largest absolute Gasteiger partial charge is 0.469 e. The maximum Gasteiger partial charge on any atom is 0.308 e. The summed E-state index contributed by atoms with van der Waals surface area (Å²) in [5.41, 5.74) is 0.443. The van der Waals surface area contributed by atoms with Crippen LogP contribution in [0.3, 0.4) is 0 Å². The highest BCUT2D eigenvalue weighted by Crippen LogP contribution is 2.15. The summed E-state index contributed by atoms with van der Waals surface area (Å²) in [6.07, 6.45) is 1.22. The van der Waals surface area contributed by atoms with Crippen molar-refractivity contribution in [2.24, 2.45) is 0 Å².